The van der Waals surface area contributed by atoms with Gasteiger partial charge in [-0.3, -0.25) is 0 Å². The van der Waals surface area contributed by atoms with Gasteiger partial charge in [-0.1, -0.05) is 36.4 Å². The van der Waals surface area contributed by atoms with Gasteiger partial charge in [-0.2, -0.15) is 21.6 Å². The number of methoxy groups -OCH3 is 1. The molecule has 0 saturated carbocycles. The fourth-order valence-electron chi connectivity index (χ4n) is 3.92. The number of hydrogen-bond donors (Lipinski definition) is 0. The van der Waals surface area contributed by atoms with E-state index in [-0.39, 0.29) is 12.2 Å². The molecule has 3 aromatic carbocycles. The molecule has 0 aliphatic heterocycles. The number of halogens is 3. The van der Waals surface area contributed by atoms with Crippen LogP contribution in [-0.2, 0) is 40.5 Å². The van der Waals surface area contributed by atoms with E-state index in [1.807, 2.05) is 24.3 Å². The van der Waals surface area contributed by atoms with Gasteiger partial charge in [-0.05, 0) is 83.3 Å². The molecule has 4 bridgehead atoms. The van der Waals surface area contributed by atoms with E-state index in [0.29, 0.717) is 36.0 Å². The highest BCUT2D eigenvalue weighted by molar-refractivity contribution is 7.88. The summed E-state index contributed by atoms with van der Waals surface area (Å²) >= 11 is 0. The third kappa shape index (κ3) is 4.94. The first-order valence-electron chi connectivity index (χ1n) is 10.5. The maximum atomic E-state index is 13.0. The second-order valence-electron chi connectivity index (χ2n) is 7.99. The second-order valence-corrected chi connectivity index (χ2v) is 9.52. The standard InChI is InChI=1S/C25H21F3O5S/c1-32-24(29)19-12-10-18(11-13-19)22-14-21-9-7-17-4-2-16(3-5-17)6-8-20(22)15-23(21)33-34(30,31)25(26,27)28/h2-5,10-15H,6-9H2,1H3. The number of benzene rings is 3. The van der Waals surface area contributed by atoms with Crippen LogP contribution in [0.4, 0.5) is 13.2 Å². The Kier molecular flexibility index (Phi) is 6.40. The van der Waals surface area contributed by atoms with E-state index < -0.39 is 21.6 Å². The number of carbonyl (C=O) groups is 1. The monoisotopic (exact) mass is 490 g/mol. The third-order valence-electron chi connectivity index (χ3n) is 5.78. The summed E-state index contributed by atoms with van der Waals surface area (Å²) in [6, 6.07) is 17.7. The number of ether oxygens (including phenoxy) is 1. The molecular weight excluding hydrogens is 469 g/mol. The van der Waals surface area contributed by atoms with E-state index in [2.05, 4.69) is 4.18 Å². The normalized spacial score (nSPS) is 13.8. The van der Waals surface area contributed by atoms with E-state index in [4.69, 9.17) is 4.74 Å². The maximum absolute atomic E-state index is 13.0. The van der Waals surface area contributed by atoms with E-state index >= 15 is 0 Å². The molecule has 0 fully saturated rings. The van der Waals surface area contributed by atoms with Crippen LogP contribution < -0.4 is 4.18 Å². The lowest BCUT2D eigenvalue weighted by Crippen LogP contribution is -2.28. The average molecular weight is 490 g/mol. The van der Waals surface area contributed by atoms with Crippen LogP contribution in [0, 0.1) is 0 Å². The minimum Gasteiger partial charge on any atom is -0.465 e. The molecule has 178 valence electrons. The minimum absolute atomic E-state index is 0.273. The van der Waals surface area contributed by atoms with Crippen molar-refractivity contribution in [2.45, 2.75) is 31.2 Å². The summed E-state index contributed by atoms with van der Waals surface area (Å²) in [5, 5.41) is 0. The Bertz CT molecular complexity index is 1310. The van der Waals surface area contributed by atoms with Gasteiger partial charge in [0.1, 0.15) is 5.75 Å². The van der Waals surface area contributed by atoms with Crippen molar-refractivity contribution in [1.82, 2.24) is 0 Å². The van der Waals surface area contributed by atoms with Crippen molar-refractivity contribution in [1.29, 1.82) is 0 Å². The van der Waals surface area contributed by atoms with Crippen LogP contribution in [0.3, 0.4) is 0 Å². The molecule has 0 spiro atoms. The quantitative estimate of drug-likeness (QED) is 0.284. The van der Waals surface area contributed by atoms with Gasteiger partial charge in [0.15, 0.2) is 0 Å². The number of alkyl halides is 3. The molecule has 9 heteroatoms. The molecule has 0 radical (unpaired) electrons. The van der Waals surface area contributed by atoms with Gasteiger partial charge < -0.3 is 8.92 Å². The van der Waals surface area contributed by atoms with Gasteiger partial charge in [-0.25, -0.2) is 4.79 Å². The Morgan fingerprint density at radius 1 is 0.824 bits per heavy atom. The van der Waals surface area contributed by atoms with Crippen LogP contribution in [0.15, 0.2) is 60.7 Å². The van der Waals surface area contributed by atoms with Crippen LogP contribution in [0.2, 0.25) is 0 Å². The zero-order valence-electron chi connectivity index (χ0n) is 18.2. The largest absolute Gasteiger partial charge is 0.534 e. The van der Waals surface area contributed by atoms with Crippen LogP contribution >= 0.6 is 0 Å². The van der Waals surface area contributed by atoms with E-state index in [1.165, 1.54) is 13.2 Å². The number of hydrogen-bond acceptors (Lipinski definition) is 5. The van der Waals surface area contributed by atoms with E-state index in [0.717, 1.165) is 22.3 Å². The SMILES string of the molecule is COC(=O)c1ccc(-c2cc3c(OS(=O)(=O)C(F)(F)F)cc2CCc2ccc(cc2)CC3)cc1. The Morgan fingerprint density at radius 2 is 1.38 bits per heavy atom. The first-order valence-corrected chi connectivity index (χ1v) is 11.9. The topological polar surface area (TPSA) is 69.7 Å². The molecule has 3 aromatic rings. The van der Waals surface area contributed by atoms with Gasteiger partial charge in [-0.15, -0.1) is 0 Å². The second kappa shape index (κ2) is 9.13. The summed E-state index contributed by atoms with van der Waals surface area (Å²) < 4.78 is 72.0. The third-order valence-corrected chi connectivity index (χ3v) is 6.74. The summed E-state index contributed by atoms with van der Waals surface area (Å²) in [4.78, 5) is 11.8. The van der Waals surface area contributed by atoms with Gasteiger partial charge in [0, 0.05) is 0 Å². The van der Waals surface area contributed by atoms with Gasteiger partial charge in [0.25, 0.3) is 0 Å². The predicted molar refractivity (Wildman–Crippen MR) is 120 cm³/mol. The fraction of sp³-hybridized carbons (Fsp3) is 0.240. The molecule has 0 saturated heterocycles. The molecule has 0 heterocycles. The zero-order chi connectivity index (χ0) is 24.5. The van der Waals surface area contributed by atoms with Crippen molar-refractivity contribution < 1.29 is 35.3 Å². The maximum Gasteiger partial charge on any atom is 0.534 e. The highest BCUT2D eigenvalue weighted by atomic mass is 32.2. The van der Waals surface area contributed by atoms with Gasteiger partial charge >= 0.3 is 21.6 Å². The number of esters is 1. The van der Waals surface area contributed by atoms with Crippen LogP contribution in [-0.4, -0.2) is 27.0 Å². The molecular formula is C25H21F3O5S. The van der Waals surface area contributed by atoms with Crippen molar-refractivity contribution in [2.75, 3.05) is 7.11 Å². The van der Waals surface area contributed by atoms with Crippen LogP contribution in [0.5, 0.6) is 5.75 Å². The summed E-state index contributed by atoms with van der Waals surface area (Å²) in [5.74, 6) is -0.809. The average Bonchev–Trinajstić information content (AvgIpc) is 2.80. The molecule has 5 nitrogen and oxygen atoms in total. The van der Waals surface area contributed by atoms with Crippen LogP contribution in [0.25, 0.3) is 11.1 Å². The lowest BCUT2D eigenvalue weighted by Gasteiger charge is -2.19. The number of rotatable bonds is 4. The number of aryl methyl sites for hydroxylation is 4. The highest BCUT2D eigenvalue weighted by Crippen LogP contribution is 2.36. The molecule has 4 aliphatic carbocycles. The molecule has 4 aliphatic rings. The van der Waals surface area contributed by atoms with Gasteiger partial charge in [0.05, 0.1) is 12.7 Å². The summed E-state index contributed by atoms with van der Waals surface area (Å²) in [6.07, 6.45) is 1.80. The molecule has 7 rings (SSSR count). The summed E-state index contributed by atoms with van der Waals surface area (Å²) in [6.45, 7) is 0. The van der Waals surface area contributed by atoms with Crippen molar-refractivity contribution in [3.8, 4) is 16.9 Å². The van der Waals surface area contributed by atoms with Gasteiger partial charge in [0.2, 0.25) is 0 Å². The zero-order valence-corrected chi connectivity index (χ0v) is 19.0. The molecule has 0 atom stereocenters. The summed E-state index contributed by atoms with van der Waals surface area (Å²) in [5.41, 5.74) is -0.711. The Hall–Kier alpha value is -3.33. The first kappa shape index (κ1) is 23.8. The smallest absolute Gasteiger partial charge is 0.465 e. The van der Waals surface area contributed by atoms with Crippen molar-refractivity contribution in [2.24, 2.45) is 0 Å². The first-order chi connectivity index (χ1) is 16.1. The van der Waals surface area contributed by atoms with Crippen molar-refractivity contribution in [3.63, 3.8) is 0 Å². The lowest BCUT2D eigenvalue weighted by molar-refractivity contribution is -0.0500. The van der Waals surface area contributed by atoms with E-state index in [1.54, 1.807) is 30.3 Å². The van der Waals surface area contributed by atoms with Crippen molar-refractivity contribution in [3.05, 3.63) is 88.5 Å². The molecule has 0 unspecified atom stereocenters. The van der Waals surface area contributed by atoms with Crippen molar-refractivity contribution >= 4 is 16.1 Å². The summed E-state index contributed by atoms with van der Waals surface area (Å²) in [7, 11) is -4.54. The highest BCUT2D eigenvalue weighted by Gasteiger charge is 2.48. The Labute approximate surface area is 195 Å². The molecule has 0 amide bonds. The molecule has 0 N–H and O–H groups in total. The lowest BCUT2D eigenvalue weighted by atomic mass is 9.89. The minimum atomic E-state index is -5.82. The van der Waals surface area contributed by atoms with Crippen LogP contribution in [0.1, 0.15) is 32.6 Å². The number of carbonyl (C=O) groups excluding carboxylic acids is 1. The van der Waals surface area contributed by atoms with E-state index in [9.17, 15) is 26.4 Å². The Morgan fingerprint density at radius 3 is 1.91 bits per heavy atom. The Balaban J connectivity index is 1.83. The fourth-order valence-corrected chi connectivity index (χ4v) is 4.40. The molecule has 34 heavy (non-hydrogen) atoms. The molecule has 0 aromatic heterocycles. The predicted octanol–water partition coefficient (Wildman–Crippen LogP) is 5.25.